The normalized spacial score (nSPS) is 20.5. The molecule has 1 amide bonds. The Labute approximate surface area is 154 Å². The molecule has 2 aliphatic rings. The van der Waals surface area contributed by atoms with E-state index in [4.69, 9.17) is 0 Å². The summed E-state index contributed by atoms with van der Waals surface area (Å²) in [5.41, 5.74) is 0.762. The molecule has 1 saturated carbocycles. The predicted octanol–water partition coefficient (Wildman–Crippen LogP) is 3.25. The fourth-order valence-corrected chi connectivity index (χ4v) is 3.54. The first-order chi connectivity index (χ1) is 12.9. The van der Waals surface area contributed by atoms with Crippen molar-refractivity contribution >= 4 is 5.91 Å². The maximum atomic E-state index is 13.0. The van der Waals surface area contributed by atoms with Crippen molar-refractivity contribution in [2.75, 3.05) is 13.1 Å². The molecule has 144 valence electrons. The summed E-state index contributed by atoms with van der Waals surface area (Å²) in [5, 5.41) is 10.5. The zero-order valence-corrected chi connectivity index (χ0v) is 14.7. The quantitative estimate of drug-likeness (QED) is 0.859. The van der Waals surface area contributed by atoms with Crippen LogP contribution in [-0.4, -0.2) is 34.8 Å². The molecule has 0 radical (unpaired) electrons. The van der Waals surface area contributed by atoms with Crippen molar-refractivity contribution < 1.29 is 18.0 Å². The Kier molecular flexibility index (Phi) is 4.67. The summed E-state index contributed by atoms with van der Waals surface area (Å²) < 4.78 is 40.6. The molecule has 2 fully saturated rings. The van der Waals surface area contributed by atoms with Crippen LogP contribution in [-0.2, 0) is 6.18 Å². The molecule has 1 aliphatic heterocycles. The highest BCUT2D eigenvalue weighted by Crippen LogP contribution is 2.42. The summed E-state index contributed by atoms with van der Waals surface area (Å²) in [6, 6.07) is 5.12. The SMILES string of the molecule is O=C(NC1CCCNC1)c1cnn(-c2cccc(C(F)(F)F)c2)c1C1CC1. The first kappa shape index (κ1) is 18.0. The van der Waals surface area contributed by atoms with Crippen LogP contribution in [0.4, 0.5) is 13.2 Å². The number of hydrogen-bond acceptors (Lipinski definition) is 3. The number of nitrogens with one attached hydrogen (secondary N) is 2. The van der Waals surface area contributed by atoms with Gasteiger partial charge < -0.3 is 10.6 Å². The summed E-state index contributed by atoms with van der Waals surface area (Å²) in [4.78, 5) is 12.8. The van der Waals surface area contributed by atoms with Gasteiger partial charge in [-0.3, -0.25) is 4.79 Å². The number of nitrogens with zero attached hydrogens (tertiary/aromatic N) is 2. The van der Waals surface area contributed by atoms with E-state index in [0.29, 0.717) is 16.9 Å². The molecule has 27 heavy (non-hydrogen) atoms. The Morgan fingerprint density at radius 2 is 2.07 bits per heavy atom. The monoisotopic (exact) mass is 378 g/mol. The van der Waals surface area contributed by atoms with Gasteiger partial charge in [0.1, 0.15) is 0 Å². The van der Waals surface area contributed by atoms with Crippen LogP contribution in [0.3, 0.4) is 0 Å². The van der Waals surface area contributed by atoms with Gasteiger partial charge in [0.2, 0.25) is 0 Å². The smallest absolute Gasteiger partial charge is 0.348 e. The van der Waals surface area contributed by atoms with Crippen LogP contribution in [0, 0.1) is 0 Å². The lowest BCUT2D eigenvalue weighted by Gasteiger charge is -2.23. The lowest BCUT2D eigenvalue weighted by atomic mass is 10.1. The van der Waals surface area contributed by atoms with Crippen LogP contribution >= 0.6 is 0 Å². The first-order valence-corrected chi connectivity index (χ1v) is 9.20. The number of amides is 1. The van der Waals surface area contributed by atoms with Crippen molar-refractivity contribution in [3.05, 3.63) is 47.3 Å². The van der Waals surface area contributed by atoms with Crippen LogP contribution in [0.15, 0.2) is 30.5 Å². The molecule has 1 atom stereocenters. The number of rotatable bonds is 4. The van der Waals surface area contributed by atoms with E-state index in [1.54, 1.807) is 6.07 Å². The van der Waals surface area contributed by atoms with Gasteiger partial charge in [-0.2, -0.15) is 18.3 Å². The number of carbonyl (C=O) groups is 1. The number of piperidine rings is 1. The van der Waals surface area contributed by atoms with Gasteiger partial charge >= 0.3 is 6.18 Å². The first-order valence-electron chi connectivity index (χ1n) is 9.20. The molecule has 4 rings (SSSR count). The van der Waals surface area contributed by atoms with Crippen LogP contribution < -0.4 is 10.6 Å². The molecule has 8 heteroatoms. The molecule has 1 aliphatic carbocycles. The summed E-state index contributed by atoms with van der Waals surface area (Å²) >= 11 is 0. The summed E-state index contributed by atoms with van der Waals surface area (Å²) in [6.45, 7) is 1.68. The number of halogens is 3. The predicted molar refractivity (Wildman–Crippen MR) is 93.9 cm³/mol. The summed E-state index contributed by atoms with van der Waals surface area (Å²) in [7, 11) is 0. The Morgan fingerprint density at radius 1 is 1.26 bits per heavy atom. The van der Waals surface area contributed by atoms with Gasteiger partial charge in [-0.15, -0.1) is 0 Å². The Bertz CT molecular complexity index is 836. The minimum atomic E-state index is -4.42. The second-order valence-corrected chi connectivity index (χ2v) is 7.19. The van der Waals surface area contributed by atoms with E-state index in [9.17, 15) is 18.0 Å². The molecule has 2 aromatic rings. The Morgan fingerprint density at radius 3 is 2.74 bits per heavy atom. The molecule has 5 nitrogen and oxygen atoms in total. The highest BCUT2D eigenvalue weighted by molar-refractivity contribution is 5.95. The lowest BCUT2D eigenvalue weighted by Crippen LogP contribution is -2.45. The minimum absolute atomic E-state index is 0.0650. The van der Waals surface area contributed by atoms with Gasteiger partial charge in [0.25, 0.3) is 5.91 Å². The fraction of sp³-hybridized carbons (Fsp3) is 0.474. The third kappa shape index (κ3) is 3.85. The molecule has 1 unspecified atom stereocenters. The molecule has 2 N–H and O–H groups in total. The lowest BCUT2D eigenvalue weighted by molar-refractivity contribution is -0.137. The number of carbonyl (C=O) groups excluding carboxylic acids is 1. The van der Waals surface area contributed by atoms with Crippen molar-refractivity contribution in [3.63, 3.8) is 0 Å². The summed E-state index contributed by atoms with van der Waals surface area (Å²) in [6.07, 6.45) is 0.797. The average Bonchev–Trinajstić information content (AvgIpc) is 3.39. The van der Waals surface area contributed by atoms with Gasteiger partial charge in [0, 0.05) is 18.5 Å². The minimum Gasteiger partial charge on any atom is -0.348 e. The van der Waals surface area contributed by atoms with Gasteiger partial charge in [-0.1, -0.05) is 6.07 Å². The van der Waals surface area contributed by atoms with Crippen LogP contribution in [0.5, 0.6) is 0 Å². The van der Waals surface area contributed by atoms with E-state index < -0.39 is 11.7 Å². The van der Waals surface area contributed by atoms with Crippen molar-refractivity contribution in [1.29, 1.82) is 0 Å². The number of alkyl halides is 3. The van der Waals surface area contributed by atoms with E-state index >= 15 is 0 Å². The van der Waals surface area contributed by atoms with Gasteiger partial charge in [0.05, 0.1) is 28.7 Å². The van der Waals surface area contributed by atoms with Crippen molar-refractivity contribution in [2.45, 2.75) is 43.8 Å². The second kappa shape index (κ2) is 6.99. The van der Waals surface area contributed by atoms with Crippen molar-refractivity contribution in [1.82, 2.24) is 20.4 Å². The molecule has 1 aromatic heterocycles. The molecular weight excluding hydrogens is 357 g/mol. The maximum Gasteiger partial charge on any atom is 0.416 e. The van der Waals surface area contributed by atoms with E-state index in [0.717, 1.165) is 50.9 Å². The van der Waals surface area contributed by atoms with Gasteiger partial charge in [-0.05, 0) is 50.4 Å². The maximum absolute atomic E-state index is 13.0. The molecule has 0 spiro atoms. The fourth-order valence-electron chi connectivity index (χ4n) is 3.54. The molecule has 1 saturated heterocycles. The Balaban J connectivity index is 1.64. The average molecular weight is 378 g/mol. The van der Waals surface area contributed by atoms with E-state index in [2.05, 4.69) is 15.7 Å². The molecule has 1 aromatic carbocycles. The van der Waals surface area contributed by atoms with E-state index in [1.165, 1.54) is 16.9 Å². The number of aromatic nitrogens is 2. The zero-order valence-electron chi connectivity index (χ0n) is 14.7. The third-order valence-electron chi connectivity index (χ3n) is 5.07. The van der Waals surface area contributed by atoms with Crippen LogP contribution in [0.2, 0.25) is 0 Å². The van der Waals surface area contributed by atoms with Crippen molar-refractivity contribution in [3.8, 4) is 5.69 Å². The van der Waals surface area contributed by atoms with E-state index in [-0.39, 0.29) is 17.9 Å². The molecular formula is C19H21F3N4O. The van der Waals surface area contributed by atoms with Crippen LogP contribution in [0.1, 0.15) is 53.2 Å². The largest absolute Gasteiger partial charge is 0.416 e. The third-order valence-corrected chi connectivity index (χ3v) is 5.07. The molecule has 0 bridgehead atoms. The van der Waals surface area contributed by atoms with E-state index in [1.807, 2.05) is 0 Å². The number of benzene rings is 1. The highest BCUT2D eigenvalue weighted by atomic mass is 19.4. The number of hydrogen-bond donors (Lipinski definition) is 2. The van der Waals surface area contributed by atoms with Crippen molar-refractivity contribution in [2.24, 2.45) is 0 Å². The van der Waals surface area contributed by atoms with Gasteiger partial charge in [0.15, 0.2) is 0 Å². The van der Waals surface area contributed by atoms with Crippen LogP contribution in [0.25, 0.3) is 5.69 Å². The zero-order chi connectivity index (χ0) is 19.0. The topological polar surface area (TPSA) is 59.0 Å². The second-order valence-electron chi connectivity index (χ2n) is 7.19. The highest BCUT2D eigenvalue weighted by Gasteiger charge is 2.35. The standard InChI is InChI=1S/C19H21F3N4O/c20-19(21,22)13-3-1-5-15(9-13)26-17(12-6-7-12)16(11-24-26)18(27)25-14-4-2-8-23-10-14/h1,3,5,9,11-12,14,23H,2,4,6-8,10H2,(H,25,27). The Hall–Kier alpha value is -2.35. The van der Waals surface area contributed by atoms with Gasteiger partial charge in [-0.25, -0.2) is 4.68 Å². The molecule has 2 heterocycles. The summed E-state index contributed by atoms with van der Waals surface area (Å²) in [5.74, 6) is -0.0453.